The van der Waals surface area contributed by atoms with Crippen molar-refractivity contribution in [3.05, 3.63) is 65.5 Å². The summed E-state index contributed by atoms with van der Waals surface area (Å²) in [5.74, 6) is 0.656. The SMILES string of the molecule is CN(C)CCC(Oc1ccc(CCN2CCCCC2)cc1)c1ccc(F)cc1. The minimum absolute atomic E-state index is 0.0813. The number of ether oxygens (including phenoxy) is 1. The number of hydrogen-bond donors (Lipinski definition) is 0. The molecule has 0 radical (unpaired) electrons. The van der Waals surface area contributed by atoms with Crippen molar-refractivity contribution >= 4 is 0 Å². The van der Waals surface area contributed by atoms with Gasteiger partial charge in [-0.15, -0.1) is 0 Å². The van der Waals surface area contributed by atoms with Crippen molar-refractivity contribution in [3.8, 4) is 5.75 Å². The highest BCUT2D eigenvalue weighted by Gasteiger charge is 2.15. The third-order valence-electron chi connectivity index (χ3n) is 5.45. The zero-order valence-corrected chi connectivity index (χ0v) is 17.2. The van der Waals surface area contributed by atoms with Gasteiger partial charge >= 0.3 is 0 Å². The summed E-state index contributed by atoms with van der Waals surface area (Å²) in [7, 11) is 4.11. The van der Waals surface area contributed by atoms with Gasteiger partial charge in [0.05, 0.1) is 0 Å². The summed E-state index contributed by atoms with van der Waals surface area (Å²) in [6, 6.07) is 15.1. The summed E-state index contributed by atoms with van der Waals surface area (Å²) >= 11 is 0. The fraction of sp³-hybridized carbons (Fsp3) is 0.500. The van der Waals surface area contributed by atoms with E-state index in [1.807, 2.05) is 12.1 Å². The van der Waals surface area contributed by atoms with Gasteiger partial charge in [-0.25, -0.2) is 4.39 Å². The van der Waals surface area contributed by atoms with Crippen molar-refractivity contribution in [1.29, 1.82) is 0 Å². The zero-order chi connectivity index (χ0) is 19.8. The van der Waals surface area contributed by atoms with Crippen LogP contribution in [0.4, 0.5) is 4.39 Å². The lowest BCUT2D eigenvalue weighted by atomic mass is 10.1. The molecule has 2 aromatic rings. The van der Waals surface area contributed by atoms with E-state index < -0.39 is 0 Å². The molecular formula is C24H33FN2O. The number of rotatable bonds is 9. The predicted octanol–water partition coefficient (Wildman–Crippen LogP) is 4.93. The minimum Gasteiger partial charge on any atom is -0.486 e. The van der Waals surface area contributed by atoms with Crippen molar-refractivity contribution in [2.24, 2.45) is 0 Å². The second-order valence-corrected chi connectivity index (χ2v) is 8.05. The number of likely N-dealkylation sites (tertiary alicyclic amines) is 1. The summed E-state index contributed by atoms with van der Waals surface area (Å²) in [6.45, 7) is 4.54. The van der Waals surface area contributed by atoms with Crippen LogP contribution in [0.25, 0.3) is 0 Å². The lowest BCUT2D eigenvalue weighted by Gasteiger charge is -2.26. The average molecular weight is 385 g/mol. The molecule has 1 unspecified atom stereocenters. The van der Waals surface area contributed by atoms with Crippen LogP contribution in [0.2, 0.25) is 0 Å². The van der Waals surface area contributed by atoms with Gasteiger partial charge in [-0.2, -0.15) is 0 Å². The Morgan fingerprint density at radius 2 is 1.64 bits per heavy atom. The van der Waals surface area contributed by atoms with E-state index in [2.05, 4.69) is 48.2 Å². The Labute approximate surface area is 169 Å². The molecule has 0 saturated carbocycles. The first kappa shape index (κ1) is 20.8. The lowest BCUT2D eigenvalue weighted by Crippen LogP contribution is -2.31. The first-order valence-electron chi connectivity index (χ1n) is 10.5. The molecule has 0 N–H and O–H groups in total. The number of hydrogen-bond acceptors (Lipinski definition) is 3. The van der Waals surface area contributed by atoms with Gasteiger partial charge in [0.1, 0.15) is 17.7 Å². The predicted molar refractivity (Wildman–Crippen MR) is 113 cm³/mol. The molecule has 28 heavy (non-hydrogen) atoms. The van der Waals surface area contributed by atoms with Gasteiger partial charge in [0.25, 0.3) is 0 Å². The smallest absolute Gasteiger partial charge is 0.125 e. The van der Waals surface area contributed by atoms with E-state index in [1.54, 1.807) is 0 Å². The van der Waals surface area contributed by atoms with Crippen LogP contribution in [0.3, 0.4) is 0 Å². The normalized spacial score (nSPS) is 16.3. The molecule has 1 fully saturated rings. The van der Waals surface area contributed by atoms with Crippen molar-refractivity contribution in [3.63, 3.8) is 0 Å². The molecule has 1 aliphatic rings. The van der Waals surface area contributed by atoms with E-state index in [-0.39, 0.29) is 11.9 Å². The van der Waals surface area contributed by atoms with Crippen molar-refractivity contribution in [2.75, 3.05) is 40.3 Å². The first-order chi connectivity index (χ1) is 13.6. The second-order valence-electron chi connectivity index (χ2n) is 8.05. The monoisotopic (exact) mass is 384 g/mol. The van der Waals surface area contributed by atoms with Crippen LogP contribution in [0, 0.1) is 5.82 Å². The maximum Gasteiger partial charge on any atom is 0.125 e. The van der Waals surface area contributed by atoms with E-state index >= 15 is 0 Å². The van der Waals surface area contributed by atoms with Gasteiger partial charge in [0, 0.05) is 19.5 Å². The summed E-state index contributed by atoms with van der Waals surface area (Å²) < 4.78 is 19.6. The fourth-order valence-electron chi connectivity index (χ4n) is 3.72. The molecule has 3 rings (SSSR count). The summed E-state index contributed by atoms with van der Waals surface area (Å²) in [5, 5.41) is 0. The largest absolute Gasteiger partial charge is 0.486 e. The first-order valence-corrected chi connectivity index (χ1v) is 10.5. The van der Waals surface area contributed by atoms with Crippen LogP contribution in [0.1, 0.15) is 42.9 Å². The van der Waals surface area contributed by atoms with Gasteiger partial charge in [0.2, 0.25) is 0 Å². The molecule has 1 atom stereocenters. The van der Waals surface area contributed by atoms with Crippen molar-refractivity contribution in [1.82, 2.24) is 9.80 Å². The molecule has 4 heteroatoms. The Hall–Kier alpha value is -1.91. The highest BCUT2D eigenvalue weighted by Crippen LogP contribution is 2.26. The Kier molecular flexibility index (Phi) is 7.87. The van der Waals surface area contributed by atoms with Crippen LogP contribution in [-0.2, 0) is 6.42 Å². The number of benzene rings is 2. The maximum absolute atomic E-state index is 13.3. The van der Waals surface area contributed by atoms with Gasteiger partial charge in [-0.1, -0.05) is 30.7 Å². The highest BCUT2D eigenvalue weighted by molar-refractivity contribution is 5.29. The van der Waals surface area contributed by atoms with Crippen molar-refractivity contribution in [2.45, 2.75) is 38.2 Å². The second kappa shape index (κ2) is 10.6. The molecule has 0 spiro atoms. The van der Waals surface area contributed by atoms with Gasteiger partial charge < -0.3 is 14.5 Å². The molecule has 3 nitrogen and oxygen atoms in total. The Morgan fingerprint density at radius 3 is 2.29 bits per heavy atom. The van der Waals surface area contributed by atoms with Gasteiger partial charge in [0.15, 0.2) is 0 Å². The standard InChI is InChI=1S/C24H33FN2O/c1-26(2)18-15-24(21-8-10-22(25)11-9-21)28-23-12-6-20(7-13-23)14-19-27-16-4-3-5-17-27/h6-13,24H,3-5,14-19H2,1-2H3. The van der Waals surface area contributed by atoms with E-state index in [9.17, 15) is 4.39 Å². The Bertz CT molecular complexity index is 694. The Balaban J connectivity index is 1.59. The molecule has 1 saturated heterocycles. The van der Waals surface area contributed by atoms with Crippen LogP contribution in [0.5, 0.6) is 5.75 Å². The average Bonchev–Trinajstić information content (AvgIpc) is 2.72. The molecule has 0 amide bonds. The molecule has 1 aliphatic heterocycles. The number of halogens is 1. The summed E-state index contributed by atoms with van der Waals surface area (Å²) in [5.41, 5.74) is 2.36. The third kappa shape index (κ3) is 6.61. The van der Waals surface area contributed by atoms with Crippen LogP contribution >= 0.6 is 0 Å². The number of piperidine rings is 1. The minimum atomic E-state index is -0.215. The summed E-state index contributed by atoms with van der Waals surface area (Å²) in [6.07, 6.45) is 5.92. The van der Waals surface area contributed by atoms with E-state index in [1.165, 1.54) is 50.0 Å². The van der Waals surface area contributed by atoms with E-state index in [0.717, 1.165) is 37.2 Å². The van der Waals surface area contributed by atoms with Crippen LogP contribution in [-0.4, -0.2) is 50.1 Å². The maximum atomic E-state index is 13.3. The van der Waals surface area contributed by atoms with Gasteiger partial charge in [-0.3, -0.25) is 0 Å². The van der Waals surface area contributed by atoms with Crippen LogP contribution in [0.15, 0.2) is 48.5 Å². The van der Waals surface area contributed by atoms with Crippen LogP contribution < -0.4 is 4.74 Å². The molecule has 0 aliphatic carbocycles. The summed E-state index contributed by atoms with van der Waals surface area (Å²) in [4.78, 5) is 4.71. The third-order valence-corrected chi connectivity index (χ3v) is 5.45. The van der Waals surface area contributed by atoms with E-state index in [4.69, 9.17) is 4.74 Å². The molecule has 1 heterocycles. The molecule has 2 aromatic carbocycles. The van der Waals surface area contributed by atoms with Gasteiger partial charge in [-0.05, 0) is 81.8 Å². The van der Waals surface area contributed by atoms with E-state index in [0.29, 0.717) is 0 Å². The fourth-order valence-corrected chi connectivity index (χ4v) is 3.72. The quantitative estimate of drug-likeness (QED) is 0.610. The van der Waals surface area contributed by atoms with Crippen molar-refractivity contribution < 1.29 is 9.13 Å². The zero-order valence-electron chi connectivity index (χ0n) is 17.2. The lowest BCUT2D eigenvalue weighted by molar-refractivity contribution is 0.179. The molecule has 152 valence electrons. The number of nitrogens with zero attached hydrogens (tertiary/aromatic N) is 2. The topological polar surface area (TPSA) is 15.7 Å². The highest BCUT2D eigenvalue weighted by atomic mass is 19.1. The molecular weight excluding hydrogens is 351 g/mol. The molecule has 0 aromatic heterocycles. The Morgan fingerprint density at radius 1 is 0.964 bits per heavy atom. The molecule has 0 bridgehead atoms.